The average molecular weight is 404 g/mol. The number of rotatable bonds is 11. The lowest BCUT2D eigenvalue weighted by Gasteiger charge is -2.23. The third kappa shape index (κ3) is 7.42. The van der Waals surface area contributed by atoms with Gasteiger partial charge < -0.3 is 25.2 Å². The highest BCUT2D eigenvalue weighted by Gasteiger charge is 2.24. The van der Waals surface area contributed by atoms with Gasteiger partial charge in [0.2, 0.25) is 0 Å². The fourth-order valence-corrected chi connectivity index (χ4v) is 4.01. The molecule has 0 saturated carbocycles. The van der Waals surface area contributed by atoms with Gasteiger partial charge in [-0.15, -0.1) is 0 Å². The summed E-state index contributed by atoms with van der Waals surface area (Å²) in [6.45, 7) is 13.2. The standard InChI is InChI=1S/C23H41N5O/c1-6-27(7-2)15-10-11-19(3)26-23(24-4)25-17-20-14-16-28(18-20)21-12-8-9-13-22(21)29-5/h8-9,12-13,19-20H,6-7,10-11,14-18H2,1-5H3,(H2,24,25,26). The Balaban J connectivity index is 1.73. The summed E-state index contributed by atoms with van der Waals surface area (Å²) in [6.07, 6.45) is 3.55. The molecule has 29 heavy (non-hydrogen) atoms. The minimum absolute atomic E-state index is 0.422. The molecule has 1 aromatic rings. The summed E-state index contributed by atoms with van der Waals surface area (Å²) in [5.74, 6) is 2.48. The van der Waals surface area contributed by atoms with E-state index in [-0.39, 0.29) is 0 Å². The number of anilines is 1. The topological polar surface area (TPSA) is 52.1 Å². The molecule has 164 valence electrons. The van der Waals surface area contributed by atoms with Crippen LogP contribution in [0.2, 0.25) is 0 Å². The van der Waals surface area contributed by atoms with E-state index in [1.165, 1.54) is 25.1 Å². The average Bonchev–Trinajstić information content (AvgIpc) is 3.23. The van der Waals surface area contributed by atoms with Crippen molar-refractivity contribution in [2.75, 3.05) is 58.3 Å². The maximum absolute atomic E-state index is 5.52. The summed E-state index contributed by atoms with van der Waals surface area (Å²) in [5.41, 5.74) is 1.20. The molecule has 1 aromatic carbocycles. The third-order valence-corrected chi connectivity index (χ3v) is 5.88. The van der Waals surface area contributed by atoms with Crippen LogP contribution in [-0.2, 0) is 0 Å². The highest BCUT2D eigenvalue weighted by atomic mass is 16.5. The van der Waals surface area contributed by atoms with E-state index >= 15 is 0 Å². The van der Waals surface area contributed by atoms with E-state index in [4.69, 9.17) is 4.74 Å². The molecule has 1 aliphatic rings. The highest BCUT2D eigenvalue weighted by molar-refractivity contribution is 5.79. The first kappa shape index (κ1) is 23.3. The fourth-order valence-electron chi connectivity index (χ4n) is 4.01. The lowest BCUT2D eigenvalue weighted by atomic mass is 10.1. The van der Waals surface area contributed by atoms with Gasteiger partial charge in [-0.05, 0) is 63.9 Å². The van der Waals surface area contributed by atoms with Gasteiger partial charge in [0.1, 0.15) is 5.75 Å². The van der Waals surface area contributed by atoms with Crippen molar-refractivity contribution in [2.45, 2.75) is 46.1 Å². The molecule has 1 aliphatic heterocycles. The van der Waals surface area contributed by atoms with Crippen LogP contribution >= 0.6 is 0 Å². The molecule has 6 heteroatoms. The Kier molecular flexibility index (Phi) is 10.1. The number of guanidine groups is 1. The number of hydrogen-bond donors (Lipinski definition) is 2. The molecule has 2 atom stereocenters. The summed E-state index contributed by atoms with van der Waals surface area (Å²) < 4.78 is 5.52. The largest absolute Gasteiger partial charge is 0.495 e. The van der Waals surface area contributed by atoms with Crippen LogP contribution in [0.1, 0.15) is 40.0 Å². The smallest absolute Gasteiger partial charge is 0.191 e. The molecule has 0 radical (unpaired) electrons. The van der Waals surface area contributed by atoms with Gasteiger partial charge in [0, 0.05) is 32.7 Å². The Morgan fingerprint density at radius 3 is 2.76 bits per heavy atom. The van der Waals surface area contributed by atoms with Gasteiger partial charge in [-0.1, -0.05) is 26.0 Å². The van der Waals surface area contributed by atoms with Crippen molar-refractivity contribution in [3.05, 3.63) is 24.3 Å². The maximum atomic E-state index is 5.52. The SMILES string of the molecule is CCN(CC)CCCC(C)NC(=NC)NCC1CCN(c2ccccc2OC)C1. The van der Waals surface area contributed by atoms with Gasteiger partial charge in [-0.2, -0.15) is 0 Å². The molecule has 1 fully saturated rings. The number of hydrogen-bond acceptors (Lipinski definition) is 4. The Hall–Kier alpha value is -1.95. The van der Waals surface area contributed by atoms with Crippen LogP contribution in [0.25, 0.3) is 0 Å². The van der Waals surface area contributed by atoms with Crippen LogP contribution in [0.4, 0.5) is 5.69 Å². The van der Waals surface area contributed by atoms with E-state index in [0.29, 0.717) is 12.0 Å². The number of para-hydroxylation sites is 2. The molecule has 2 N–H and O–H groups in total. The van der Waals surface area contributed by atoms with Crippen molar-refractivity contribution in [1.82, 2.24) is 15.5 Å². The van der Waals surface area contributed by atoms with Crippen LogP contribution in [0, 0.1) is 5.92 Å². The van der Waals surface area contributed by atoms with E-state index in [9.17, 15) is 0 Å². The van der Waals surface area contributed by atoms with Crippen LogP contribution in [0.5, 0.6) is 5.75 Å². The molecule has 2 rings (SSSR count). The first-order valence-electron chi connectivity index (χ1n) is 11.2. The fraction of sp³-hybridized carbons (Fsp3) is 0.696. The van der Waals surface area contributed by atoms with Crippen LogP contribution < -0.4 is 20.3 Å². The Labute approximate surface area is 177 Å². The zero-order valence-corrected chi connectivity index (χ0v) is 19.1. The van der Waals surface area contributed by atoms with E-state index < -0.39 is 0 Å². The molecule has 0 spiro atoms. The highest BCUT2D eigenvalue weighted by Crippen LogP contribution is 2.31. The van der Waals surface area contributed by atoms with E-state index in [1.54, 1.807) is 7.11 Å². The van der Waals surface area contributed by atoms with Crippen LogP contribution in [0.15, 0.2) is 29.3 Å². The number of ether oxygens (including phenoxy) is 1. The lowest BCUT2D eigenvalue weighted by Crippen LogP contribution is -2.44. The second-order valence-electron chi connectivity index (χ2n) is 7.94. The number of nitrogens with zero attached hydrogens (tertiary/aromatic N) is 3. The van der Waals surface area contributed by atoms with Gasteiger partial charge in [-0.25, -0.2) is 0 Å². The molecule has 2 unspecified atom stereocenters. The predicted molar refractivity (Wildman–Crippen MR) is 124 cm³/mol. The molecule has 1 heterocycles. The summed E-state index contributed by atoms with van der Waals surface area (Å²) in [5, 5.41) is 7.08. The molecule has 0 amide bonds. The van der Waals surface area contributed by atoms with Crippen molar-refractivity contribution >= 4 is 11.6 Å². The van der Waals surface area contributed by atoms with Gasteiger partial charge in [0.05, 0.1) is 12.8 Å². The van der Waals surface area contributed by atoms with Crippen molar-refractivity contribution in [1.29, 1.82) is 0 Å². The van der Waals surface area contributed by atoms with Crippen LogP contribution in [-0.4, -0.2) is 70.3 Å². The minimum Gasteiger partial charge on any atom is -0.495 e. The van der Waals surface area contributed by atoms with E-state index in [1.807, 2.05) is 19.2 Å². The molecule has 0 aromatic heterocycles. The number of benzene rings is 1. The Bertz CT molecular complexity index is 617. The molecule has 0 aliphatic carbocycles. The Morgan fingerprint density at radius 2 is 2.07 bits per heavy atom. The van der Waals surface area contributed by atoms with Crippen molar-refractivity contribution in [2.24, 2.45) is 10.9 Å². The first-order valence-corrected chi connectivity index (χ1v) is 11.2. The summed E-state index contributed by atoms with van der Waals surface area (Å²) in [4.78, 5) is 9.33. The predicted octanol–water partition coefficient (Wildman–Crippen LogP) is 3.20. The van der Waals surface area contributed by atoms with Crippen molar-refractivity contribution in [3.8, 4) is 5.75 Å². The third-order valence-electron chi connectivity index (χ3n) is 5.88. The van der Waals surface area contributed by atoms with Gasteiger partial charge >= 0.3 is 0 Å². The first-order chi connectivity index (χ1) is 14.1. The molecule has 6 nitrogen and oxygen atoms in total. The number of aliphatic imine (C=N–C) groups is 1. The zero-order valence-electron chi connectivity index (χ0n) is 19.1. The molecule has 1 saturated heterocycles. The summed E-state index contributed by atoms with van der Waals surface area (Å²) >= 11 is 0. The maximum Gasteiger partial charge on any atom is 0.191 e. The van der Waals surface area contributed by atoms with E-state index in [2.05, 4.69) is 58.3 Å². The zero-order chi connectivity index (χ0) is 21.1. The van der Waals surface area contributed by atoms with Gasteiger partial charge in [0.25, 0.3) is 0 Å². The van der Waals surface area contributed by atoms with Gasteiger partial charge in [-0.3, -0.25) is 4.99 Å². The van der Waals surface area contributed by atoms with Crippen LogP contribution in [0.3, 0.4) is 0 Å². The van der Waals surface area contributed by atoms with E-state index in [0.717, 1.165) is 50.9 Å². The second kappa shape index (κ2) is 12.6. The van der Waals surface area contributed by atoms with Crippen molar-refractivity contribution < 1.29 is 4.74 Å². The molecular formula is C23H41N5O. The van der Waals surface area contributed by atoms with Gasteiger partial charge in [0.15, 0.2) is 5.96 Å². The normalized spacial score (nSPS) is 18.2. The summed E-state index contributed by atoms with van der Waals surface area (Å²) in [7, 11) is 3.60. The quantitative estimate of drug-likeness (QED) is 0.439. The molecule has 0 bridgehead atoms. The Morgan fingerprint density at radius 1 is 1.31 bits per heavy atom. The number of methoxy groups -OCH3 is 1. The lowest BCUT2D eigenvalue weighted by molar-refractivity contribution is 0.292. The molecular weight excluding hydrogens is 362 g/mol. The van der Waals surface area contributed by atoms with Crippen molar-refractivity contribution in [3.63, 3.8) is 0 Å². The monoisotopic (exact) mass is 403 g/mol. The minimum atomic E-state index is 0.422. The summed E-state index contributed by atoms with van der Waals surface area (Å²) in [6, 6.07) is 8.71. The second-order valence-corrected chi connectivity index (χ2v) is 7.94. The number of nitrogens with one attached hydrogen (secondary N) is 2.